The van der Waals surface area contributed by atoms with Crippen molar-refractivity contribution in [1.82, 2.24) is 19.9 Å². The van der Waals surface area contributed by atoms with E-state index in [2.05, 4.69) is 54.4 Å². The molecule has 0 aliphatic heterocycles. The smallest absolute Gasteiger partial charge is 0.137 e. The molecule has 0 fully saturated rings. The minimum Gasteiger partial charge on any atom is -0.378 e. The van der Waals surface area contributed by atoms with Crippen LogP contribution in [0.4, 0.5) is 11.5 Å². The van der Waals surface area contributed by atoms with E-state index in [1.165, 1.54) is 5.69 Å². The van der Waals surface area contributed by atoms with Gasteiger partial charge in [0.1, 0.15) is 12.1 Å². The molecular weight excluding hydrogens is 288 g/mol. The summed E-state index contributed by atoms with van der Waals surface area (Å²) in [5.41, 5.74) is 4.37. The average Bonchev–Trinajstić information content (AvgIpc) is 3.09. The molecule has 0 unspecified atom stereocenters. The quantitative estimate of drug-likeness (QED) is 0.732. The standard InChI is InChI=1S/C17H20N6/c1-23(2)15-5-3-13(4-6-15)16-10-19-12-22-17(16)20-8-7-14-9-18-11-21-14/h3-6,9-12H,7-8H2,1-2H3,(H,18,21)(H,19,20,22). The lowest BCUT2D eigenvalue weighted by Gasteiger charge is -2.14. The molecule has 2 heterocycles. The summed E-state index contributed by atoms with van der Waals surface area (Å²) in [6.45, 7) is 0.780. The van der Waals surface area contributed by atoms with Gasteiger partial charge in [0.25, 0.3) is 0 Å². The lowest BCUT2D eigenvalue weighted by atomic mass is 10.1. The number of H-pyrrole nitrogens is 1. The van der Waals surface area contributed by atoms with Crippen molar-refractivity contribution in [3.63, 3.8) is 0 Å². The maximum atomic E-state index is 4.37. The summed E-state index contributed by atoms with van der Waals surface area (Å²) in [4.78, 5) is 17.7. The molecule has 0 amide bonds. The highest BCUT2D eigenvalue weighted by molar-refractivity contribution is 5.75. The Morgan fingerprint density at radius 3 is 2.61 bits per heavy atom. The monoisotopic (exact) mass is 308 g/mol. The van der Waals surface area contributed by atoms with Gasteiger partial charge >= 0.3 is 0 Å². The first kappa shape index (κ1) is 15.0. The van der Waals surface area contributed by atoms with E-state index in [1.54, 1.807) is 12.7 Å². The van der Waals surface area contributed by atoms with E-state index in [0.29, 0.717) is 0 Å². The number of nitrogens with zero attached hydrogens (tertiary/aromatic N) is 4. The minimum absolute atomic E-state index is 0.780. The second-order valence-corrected chi connectivity index (χ2v) is 5.48. The van der Waals surface area contributed by atoms with Crippen LogP contribution in [0.15, 0.2) is 49.3 Å². The van der Waals surface area contributed by atoms with Gasteiger partial charge in [-0.1, -0.05) is 12.1 Å². The van der Waals surface area contributed by atoms with Crippen molar-refractivity contribution < 1.29 is 0 Å². The third-order valence-electron chi connectivity index (χ3n) is 3.65. The molecule has 118 valence electrons. The van der Waals surface area contributed by atoms with Crippen molar-refractivity contribution in [3.8, 4) is 11.1 Å². The highest BCUT2D eigenvalue weighted by atomic mass is 15.1. The number of aromatic nitrogens is 4. The van der Waals surface area contributed by atoms with Crippen molar-refractivity contribution in [3.05, 3.63) is 55.0 Å². The fourth-order valence-corrected chi connectivity index (χ4v) is 2.36. The summed E-state index contributed by atoms with van der Waals surface area (Å²) < 4.78 is 0. The van der Waals surface area contributed by atoms with E-state index in [9.17, 15) is 0 Å². The SMILES string of the molecule is CN(C)c1ccc(-c2cncnc2NCCc2cnc[nH]2)cc1. The molecule has 0 saturated heterocycles. The largest absolute Gasteiger partial charge is 0.378 e. The van der Waals surface area contributed by atoms with Gasteiger partial charge in [0.2, 0.25) is 0 Å². The third-order valence-corrected chi connectivity index (χ3v) is 3.65. The predicted octanol–water partition coefficient (Wildman–Crippen LogP) is 2.59. The third kappa shape index (κ3) is 3.66. The van der Waals surface area contributed by atoms with E-state index in [0.717, 1.165) is 35.6 Å². The fourth-order valence-electron chi connectivity index (χ4n) is 2.36. The average molecular weight is 308 g/mol. The van der Waals surface area contributed by atoms with Gasteiger partial charge in [-0.3, -0.25) is 0 Å². The molecule has 2 N–H and O–H groups in total. The number of benzene rings is 1. The summed E-state index contributed by atoms with van der Waals surface area (Å²) in [7, 11) is 4.06. The van der Waals surface area contributed by atoms with Gasteiger partial charge in [0, 0.05) is 56.4 Å². The van der Waals surface area contributed by atoms with Crippen molar-refractivity contribution in [2.45, 2.75) is 6.42 Å². The second kappa shape index (κ2) is 6.91. The van der Waals surface area contributed by atoms with Crippen LogP contribution >= 0.6 is 0 Å². The van der Waals surface area contributed by atoms with Crippen LogP contribution in [0, 0.1) is 0 Å². The molecule has 3 rings (SSSR count). The van der Waals surface area contributed by atoms with Gasteiger partial charge in [-0.15, -0.1) is 0 Å². The zero-order valence-corrected chi connectivity index (χ0v) is 13.3. The molecule has 0 aliphatic carbocycles. The number of anilines is 2. The molecule has 0 spiro atoms. The lowest BCUT2D eigenvalue weighted by Crippen LogP contribution is -2.09. The van der Waals surface area contributed by atoms with Gasteiger partial charge in [-0.25, -0.2) is 15.0 Å². The first-order valence-corrected chi connectivity index (χ1v) is 7.53. The Balaban J connectivity index is 1.74. The van der Waals surface area contributed by atoms with Crippen LogP contribution in [0.1, 0.15) is 5.69 Å². The van der Waals surface area contributed by atoms with Crippen LogP contribution in [0.2, 0.25) is 0 Å². The summed E-state index contributed by atoms with van der Waals surface area (Å²) in [5.74, 6) is 0.845. The topological polar surface area (TPSA) is 69.7 Å². The molecule has 0 aliphatic rings. The van der Waals surface area contributed by atoms with Crippen LogP contribution in [0.5, 0.6) is 0 Å². The molecule has 0 atom stereocenters. The molecule has 0 saturated carbocycles. The molecule has 1 aromatic carbocycles. The molecule has 23 heavy (non-hydrogen) atoms. The predicted molar refractivity (Wildman–Crippen MR) is 92.6 cm³/mol. The Morgan fingerprint density at radius 2 is 1.91 bits per heavy atom. The number of rotatable bonds is 6. The van der Waals surface area contributed by atoms with Crippen LogP contribution in [0.3, 0.4) is 0 Å². The van der Waals surface area contributed by atoms with Crippen LogP contribution in [-0.4, -0.2) is 40.6 Å². The van der Waals surface area contributed by atoms with Crippen molar-refractivity contribution in [2.24, 2.45) is 0 Å². The highest BCUT2D eigenvalue weighted by Crippen LogP contribution is 2.26. The minimum atomic E-state index is 0.780. The van der Waals surface area contributed by atoms with Crippen LogP contribution in [-0.2, 0) is 6.42 Å². The summed E-state index contributed by atoms with van der Waals surface area (Å²) in [6.07, 6.45) is 7.80. The molecule has 2 aromatic heterocycles. The summed E-state index contributed by atoms with van der Waals surface area (Å²) >= 11 is 0. The number of hydrogen-bond acceptors (Lipinski definition) is 5. The molecule has 3 aromatic rings. The Bertz CT molecular complexity index is 734. The normalized spacial score (nSPS) is 10.5. The van der Waals surface area contributed by atoms with E-state index >= 15 is 0 Å². The van der Waals surface area contributed by atoms with Crippen molar-refractivity contribution >= 4 is 11.5 Å². The molecule has 6 heteroatoms. The van der Waals surface area contributed by atoms with Gasteiger partial charge in [-0.2, -0.15) is 0 Å². The van der Waals surface area contributed by atoms with E-state index in [1.807, 2.05) is 26.5 Å². The second-order valence-electron chi connectivity index (χ2n) is 5.48. The van der Waals surface area contributed by atoms with E-state index < -0.39 is 0 Å². The molecule has 6 nitrogen and oxygen atoms in total. The maximum absolute atomic E-state index is 4.37. The lowest BCUT2D eigenvalue weighted by molar-refractivity contribution is 0.965. The Kier molecular flexibility index (Phi) is 4.52. The zero-order chi connectivity index (χ0) is 16.1. The first-order chi connectivity index (χ1) is 11.2. The number of hydrogen-bond donors (Lipinski definition) is 2. The van der Waals surface area contributed by atoms with Gasteiger partial charge in [0.15, 0.2) is 0 Å². The van der Waals surface area contributed by atoms with Crippen molar-refractivity contribution in [1.29, 1.82) is 0 Å². The molecule has 0 radical (unpaired) electrons. The number of aromatic amines is 1. The maximum Gasteiger partial charge on any atom is 0.137 e. The number of imidazole rings is 1. The Hall–Kier alpha value is -2.89. The Morgan fingerprint density at radius 1 is 1.09 bits per heavy atom. The first-order valence-electron chi connectivity index (χ1n) is 7.53. The fraction of sp³-hybridized carbons (Fsp3) is 0.235. The molecular formula is C17H20N6. The van der Waals surface area contributed by atoms with Gasteiger partial charge in [-0.05, 0) is 17.7 Å². The van der Waals surface area contributed by atoms with E-state index in [-0.39, 0.29) is 0 Å². The van der Waals surface area contributed by atoms with Crippen LogP contribution in [0.25, 0.3) is 11.1 Å². The van der Waals surface area contributed by atoms with Gasteiger partial charge < -0.3 is 15.2 Å². The highest BCUT2D eigenvalue weighted by Gasteiger charge is 2.07. The van der Waals surface area contributed by atoms with E-state index in [4.69, 9.17) is 0 Å². The molecule has 0 bridgehead atoms. The summed E-state index contributed by atoms with van der Waals surface area (Å²) in [6, 6.07) is 8.37. The summed E-state index contributed by atoms with van der Waals surface area (Å²) in [5, 5.41) is 3.38. The van der Waals surface area contributed by atoms with Crippen molar-refractivity contribution in [2.75, 3.05) is 30.9 Å². The Labute approximate surface area is 135 Å². The van der Waals surface area contributed by atoms with Crippen LogP contribution < -0.4 is 10.2 Å². The van der Waals surface area contributed by atoms with Gasteiger partial charge in [0.05, 0.1) is 6.33 Å². The number of nitrogens with one attached hydrogen (secondary N) is 2. The zero-order valence-electron chi connectivity index (χ0n) is 13.3.